The number of carbonyl (C=O) groups excluding carboxylic acids is 1. The Bertz CT molecular complexity index is 1010. The van der Waals surface area contributed by atoms with Crippen molar-refractivity contribution in [3.8, 4) is 11.5 Å². The van der Waals surface area contributed by atoms with Gasteiger partial charge in [-0.05, 0) is 41.0 Å². The summed E-state index contributed by atoms with van der Waals surface area (Å²) in [5.41, 5.74) is 0.444. The molecule has 0 aliphatic carbocycles. The summed E-state index contributed by atoms with van der Waals surface area (Å²) in [6.45, 7) is 2.29. The highest BCUT2D eigenvalue weighted by atomic mass is 16.7. The third-order valence-corrected chi connectivity index (χ3v) is 4.91. The average Bonchev–Trinajstić information content (AvgIpc) is 3.18. The highest BCUT2D eigenvalue weighted by molar-refractivity contribution is 5.86. The van der Waals surface area contributed by atoms with E-state index in [4.69, 9.17) is 9.47 Å². The number of urea groups is 1. The van der Waals surface area contributed by atoms with E-state index in [-0.39, 0.29) is 19.4 Å². The first-order chi connectivity index (χ1) is 13.5. The Hall–Kier alpha value is -3.25. The van der Waals surface area contributed by atoms with Crippen LogP contribution in [0.1, 0.15) is 18.1 Å². The maximum atomic E-state index is 12.2. The van der Waals surface area contributed by atoms with Crippen LogP contribution in [0, 0.1) is 0 Å². The summed E-state index contributed by atoms with van der Waals surface area (Å²) < 4.78 is 10.6. The molecule has 28 heavy (non-hydrogen) atoms. The third kappa shape index (κ3) is 3.73. The number of rotatable bonds is 5. The van der Waals surface area contributed by atoms with Gasteiger partial charge in [-0.2, -0.15) is 0 Å². The van der Waals surface area contributed by atoms with Crippen LogP contribution in [-0.4, -0.2) is 24.5 Å². The molecule has 0 unspecified atom stereocenters. The number of benzene rings is 3. The second-order valence-corrected chi connectivity index (χ2v) is 7.02. The number of amides is 2. The lowest BCUT2D eigenvalue weighted by Gasteiger charge is -2.24. The predicted molar refractivity (Wildman–Crippen MR) is 106 cm³/mol. The number of carbonyl (C=O) groups is 1. The van der Waals surface area contributed by atoms with Crippen molar-refractivity contribution in [1.82, 2.24) is 10.6 Å². The summed E-state index contributed by atoms with van der Waals surface area (Å²) >= 11 is 0. The topological polar surface area (TPSA) is 79.8 Å². The number of aliphatic hydroxyl groups is 1. The molecule has 0 saturated carbocycles. The Balaban J connectivity index is 1.36. The molecule has 0 aromatic heterocycles. The van der Waals surface area contributed by atoms with E-state index in [0.717, 1.165) is 16.3 Å². The summed E-state index contributed by atoms with van der Waals surface area (Å²) in [5, 5.41) is 18.6. The van der Waals surface area contributed by atoms with Gasteiger partial charge in [-0.3, -0.25) is 0 Å². The molecule has 1 aliphatic heterocycles. The van der Waals surface area contributed by atoms with Gasteiger partial charge in [0.05, 0.1) is 6.54 Å². The zero-order chi connectivity index (χ0) is 19.6. The molecule has 3 aromatic rings. The molecule has 144 valence electrons. The lowest BCUT2D eigenvalue weighted by molar-refractivity contribution is 0.0591. The standard InChI is InChI=1S/C22H22N2O4/c1-22(26,17-9-10-19-20(11-17)28-14-27-19)13-24-21(25)23-12-16-7-4-6-15-5-2-3-8-18(15)16/h2-11,26H,12-14H2,1H3,(H2,23,24,25)/t22-/m0/s1. The molecule has 3 N–H and O–H groups in total. The van der Waals surface area contributed by atoms with E-state index in [0.29, 0.717) is 23.6 Å². The van der Waals surface area contributed by atoms with Gasteiger partial charge < -0.3 is 25.2 Å². The molecule has 6 nitrogen and oxygen atoms in total. The van der Waals surface area contributed by atoms with Crippen LogP contribution in [0.25, 0.3) is 10.8 Å². The molecule has 0 fully saturated rings. The largest absolute Gasteiger partial charge is 0.454 e. The molecule has 2 amide bonds. The van der Waals surface area contributed by atoms with E-state index in [9.17, 15) is 9.90 Å². The van der Waals surface area contributed by atoms with Crippen molar-refractivity contribution in [1.29, 1.82) is 0 Å². The van der Waals surface area contributed by atoms with Crippen LogP contribution in [0.4, 0.5) is 4.79 Å². The van der Waals surface area contributed by atoms with Gasteiger partial charge in [-0.1, -0.05) is 48.5 Å². The monoisotopic (exact) mass is 378 g/mol. The van der Waals surface area contributed by atoms with Crippen molar-refractivity contribution in [2.75, 3.05) is 13.3 Å². The van der Waals surface area contributed by atoms with Crippen molar-refractivity contribution < 1.29 is 19.4 Å². The van der Waals surface area contributed by atoms with E-state index in [1.807, 2.05) is 42.5 Å². The maximum Gasteiger partial charge on any atom is 0.315 e. The van der Waals surface area contributed by atoms with Crippen LogP contribution >= 0.6 is 0 Å². The van der Waals surface area contributed by atoms with Gasteiger partial charge >= 0.3 is 6.03 Å². The zero-order valence-corrected chi connectivity index (χ0v) is 15.6. The van der Waals surface area contributed by atoms with Crippen LogP contribution in [0.5, 0.6) is 11.5 Å². The number of nitrogens with one attached hydrogen (secondary N) is 2. The summed E-state index contributed by atoms with van der Waals surface area (Å²) in [6.07, 6.45) is 0. The van der Waals surface area contributed by atoms with Crippen molar-refractivity contribution in [3.05, 3.63) is 71.8 Å². The van der Waals surface area contributed by atoms with Crippen LogP contribution in [0.15, 0.2) is 60.7 Å². The fourth-order valence-corrected chi connectivity index (χ4v) is 3.27. The molecular formula is C22H22N2O4. The highest BCUT2D eigenvalue weighted by Crippen LogP contribution is 2.35. The average molecular weight is 378 g/mol. The van der Waals surface area contributed by atoms with Gasteiger partial charge in [-0.15, -0.1) is 0 Å². The Morgan fingerprint density at radius 2 is 1.82 bits per heavy atom. The van der Waals surface area contributed by atoms with E-state index in [1.54, 1.807) is 25.1 Å². The Morgan fingerprint density at radius 3 is 2.71 bits per heavy atom. The quantitative estimate of drug-likeness (QED) is 0.637. The van der Waals surface area contributed by atoms with E-state index >= 15 is 0 Å². The normalized spacial score (nSPS) is 14.5. The molecular weight excluding hydrogens is 356 g/mol. The summed E-state index contributed by atoms with van der Waals surface area (Å²) in [7, 11) is 0. The van der Waals surface area contributed by atoms with Crippen LogP contribution in [0.3, 0.4) is 0 Å². The third-order valence-electron chi connectivity index (χ3n) is 4.91. The Morgan fingerprint density at radius 1 is 1.04 bits per heavy atom. The fourth-order valence-electron chi connectivity index (χ4n) is 3.27. The van der Waals surface area contributed by atoms with Crippen LogP contribution in [0.2, 0.25) is 0 Å². The molecule has 0 saturated heterocycles. The van der Waals surface area contributed by atoms with Gasteiger partial charge in [0.1, 0.15) is 5.60 Å². The van der Waals surface area contributed by atoms with E-state index in [2.05, 4.69) is 10.6 Å². The van der Waals surface area contributed by atoms with Crippen LogP contribution in [-0.2, 0) is 12.1 Å². The van der Waals surface area contributed by atoms with Crippen LogP contribution < -0.4 is 20.1 Å². The van der Waals surface area contributed by atoms with Crippen molar-refractivity contribution in [3.63, 3.8) is 0 Å². The smallest absolute Gasteiger partial charge is 0.315 e. The summed E-state index contributed by atoms with van der Waals surface area (Å²) in [5.74, 6) is 1.25. The first-order valence-electron chi connectivity index (χ1n) is 9.14. The molecule has 0 bridgehead atoms. The lowest BCUT2D eigenvalue weighted by Crippen LogP contribution is -2.43. The number of ether oxygens (including phenoxy) is 2. The number of fused-ring (bicyclic) bond motifs is 2. The number of hydrogen-bond donors (Lipinski definition) is 3. The van der Waals surface area contributed by atoms with Crippen molar-refractivity contribution >= 4 is 16.8 Å². The number of hydrogen-bond acceptors (Lipinski definition) is 4. The minimum atomic E-state index is -1.24. The summed E-state index contributed by atoms with van der Waals surface area (Å²) in [4.78, 5) is 12.2. The van der Waals surface area contributed by atoms with Gasteiger partial charge in [0.2, 0.25) is 6.79 Å². The molecule has 1 atom stereocenters. The molecule has 0 spiro atoms. The minimum absolute atomic E-state index is 0.0635. The van der Waals surface area contributed by atoms with Crippen molar-refractivity contribution in [2.45, 2.75) is 19.1 Å². The van der Waals surface area contributed by atoms with Gasteiger partial charge in [0.15, 0.2) is 11.5 Å². The van der Waals surface area contributed by atoms with E-state index < -0.39 is 5.60 Å². The second kappa shape index (κ2) is 7.40. The fraction of sp³-hybridized carbons (Fsp3) is 0.227. The molecule has 3 aromatic carbocycles. The predicted octanol–water partition coefficient (Wildman–Crippen LogP) is 3.28. The Kier molecular flexibility index (Phi) is 4.79. The molecule has 1 heterocycles. The van der Waals surface area contributed by atoms with Crippen molar-refractivity contribution in [2.24, 2.45) is 0 Å². The maximum absolute atomic E-state index is 12.2. The lowest BCUT2D eigenvalue weighted by atomic mass is 9.95. The zero-order valence-electron chi connectivity index (χ0n) is 15.6. The SMILES string of the molecule is C[C@](O)(CNC(=O)NCc1cccc2ccccc12)c1ccc2c(c1)OCO2. The molecule has 1 aliphatic rings. The van der Waals surface area contributed by atoms with Gasteiger partial charge in [0, 0.05) is 6.54 Å². The minimum Gasteiger partial charge on any atom is -0.454 e. The molecule has 6 heteroatoms. The molecule has 4 rings (SSSR count). The summed E-state index contributed by atoms with van der Waals surface area (Å²) in [6, 6.07) is 19.0. The Labute approximate surface area is 163 Å². The van der Waals surface area contributed by atoms with Gasteiger partial charge in [-0.25, -0.2) is 4.79 Å². The first-order valence-corrected chi connectivity index (χ1v) is 9.14. The first kappa shape index (κ1) is 18.1. The highest BCUT2D eigenvalue weighted by Gasteiger charge is 2.26. The van der Waals surface area contributed by atoms with E-state index in [1.165, 1.54) is 0 Å². The van der Waals surface area contributed by atoms with Gasteiger partial charge in [0.25, 0.3) is 0 Å². The second-order valence-electron chi connectivity index (χ2n) is 7.02. The molecule has 0 radical (unpaired) electrons.